The largest absolute Gasteiger partial charge is 0.495 e. The monoisotopic (exact) mass is 324 g/mol. The molecule has 0 saturated heterocycles. The molecule has 0 heterocycles. The van der Waals surface area contributed by atoms with E-state index in [0.29, 0.717) is 28.0 Å². The van der Waals surface area contributed by atoms with Gasteiger partial charge in [0.2, 0.25) is 0 Å². The molecule has 2 amide bonds. The lowest BCUT2D eigenvalue weighted by atomic mass is 10.2. The van der Waals surface area contributed by atoms with Gasteiger partial charge in [0, 0.05) is 16.6 Å². The van der Waals surface area contributed by atoms with Crippen molar-refractivity contribution in [2.24, 2.45) is 0 Å². The minimum Gasteiger partial charge on any atom is -0.495 e. The van der Waals surface area contributed by atoms with Crippen LogP contribution in [0.3, 0.4) is 0 Å². The van der Waals surface area contributed by atoms with Gasteiger partial charge >= 0.3 is 6.03 Å². The van der Waals surface area contributed by atoms with E-state index in [9.17, 15) is 4.79 Å². The highest BCUT2D eigenvalue weighted by atomic mass is 35.5. The first kappa shape index (κ1) is 15.5. The molecule has 21 heavy (non-hydrogen) atoms. The van der Waals surface area contributed by atoms with Crippen LogP contribution in [0, 0.1) is 0 Å². The third-order valence-corrected chi connectivity index (χ3v) is 3.41. The molecule has 0 radical (unpaired) electrons. The van der Waals surface area contributed by atoms with Crippen molar-refractivity contribution >= 4 is 34.9 Å². The van der Waals surface area contributed by atoms with Crippen LogP contribution in [0.4, 0.5) is 10.5 Å². The van der Waals surface area contributed by atoms with E-state index in [1.807, 2.05) is 18.2 Å². The van der Waals surface area contributed by atoms with E-state index in [4.69, 9.17) is 27.9 Å². The molecule has 2 rings (SSSR count). The number of carbonyl (C=O) groups is 1. The van der Waals surface area contributed by atoms with E-state index in [0.717, 1.165) is 5.56 Å². The van der Waals surface area contributed by atoms with E-state index >= 15 is 0 Å². The lowest BCUT2D eigenvalue weighted by Crippen LogP contribution is -2.28. The molecule has 0 aliphatic heterocycles. The second-order valence-electron chi connectivity index (χ2n) is 4.24. The molecule has 110 valence electrons. The summed E-state index contributed by atoms with van der Waals surface area (Å²) in [6, 6.07) is 12.0. The number of hydrogen-bond acceptors (Lipinski definition) is 2. The van der Waals surface area contributed by atoms with Gasteiger partial charge in [-0.15, -0.1) is 0 Å². The van der Waals surface area contributed by atoms with Gasteiger partial charge < -0.3 is 15.4 Å². The van der Waals surface area contributed by atoms with Gasteiger partial charge in [-0.1, -0.05) is 41.4 Å². The average molecular weight is 325 g/mol. The zero-order valence-corrected chi connectivity index (χ0v) is 12.8. The second-order valence-corrected chi connectivity index (χ2v) is 5.09. The lowest BCUT2D eigenvalue weighted by Gasteiger charge is -2.12. The van der Waals surface area contributed by atoms with Crippen molar-refractivity contribution in [1.82, 2.24) is 5.32 Å². The quantitative estimate of drug-likeness (QED) is 0.879. The van der Waals surface area contributed by atoms with E-state index in [1.54, 1.807) is 24.3 Å². The van der Waals surface area contributed by atoms with Gasteiger partial charge in [0.1, 0.15) is 5.75 Å². The number of methoxy groups -OCH3 is 1. The van der Waals surface area contributed by atoms with Gasteiger partial charge in [0.25, 0.3) is 0 Å². The van der Waals surface area contributed by atoms with Crippen LogP contribution in [0.1, 0.15) is 5.56 Å². The van der Waals surface area contributed by atoms with Crippen molar-refractivity contribution in [1.29, 1.82) is 0 Å². The van der Waals surface area contributed by atoms with Crippen molar-refractivity contribution in [2.45, 2.75) is 6.54 Å². The molecule has 0 atom stereocenters. The SMILES string of the molecule is COc1ccc(Cl)cc1NC(=O)NCc1ccccc1Cl. The summed E-state index contributed by atoms with van der Waals surface area (Å²) >= 11 is 11.9. The fourth-order valence-corrected chi connectivity index (χ4v) is 2.14. The van der Waals surface area contributed by atoms with Crippen molar-refractivity contribution < 1.29 is 9.53 Å². The smallest absolute Gasteiger partial charge is 0.319 e. The molecule has 0 saturated carbocycles. The number of hydrogen-bond donors (Lipinski definition) is 2. The Morgan fingerprint density at radius 1 is 1.19 bits per heavy atom. The molecule has 0 bridgehead atoms. The molecule has 2 aromatic carbocycles. The van der Waals surface area contributed by atoms with Crippen molar-refractivity contribution in [3.05, 3.63) is 58.1 Å². The van der Waals surface area contributed by atoms with Crippen molar-refractivity contribution in [3.63, 3.8) is 0 Å². The maximum absolute atomic E-state index is 11.9. The summed E-state index contributed by atoms with van der Waals surface area (Å²) in [5.41, 5.74) is 1.34. The summed E-state index contributed by atoms with van der Waals surface area (Å²) in [7, 11) is 1.52. The molecular formula is C15H14Cl2N2O2. The van der Waals surface area contributed by atoms with Gasteiger partial charge in [0.05, 0.1) is 12.8 Å². The third-order valence-electron chi connectivity index (χ3n) is 2.81. The molecule has 6 heteroatoms. The van der Waals surface area contributed by atoms with Crippen LogP contribution in [-0.4, -0.2) is 13.1 Å². The number of anilines is 1. The van der Waals surface area contributed by atoms with E-state index in [2.05, 4.69) is 10.6 Å². The average Bonchev–Trinajstić information content (AvgIpc) is 2.47. The van der Waals surface area contributed by atoms with Crippen LogP contribution in [0.2, 0.25) is 10.0 Å². The van der Waals surface area contributed by atoms with E-state index < -0.39 is 0 Å². The zero-order valence-electron chi connectivity index (χ0n) is 11.3. The predicted octanol–water partition coefficient (Wildman–Crippen LogP) is 4.32. The van der Waals surface area contributed by atoms with Crippen LogP contribution in [0.5, 0.6) is 5.75 Å². The summed E-state index contributed by atoms with van der Waals surface area (Å²) in [5.74, 6) is 0.535. The molecule has 0 aliphatic carbocycles. The highest BCUT2D eigenvalue weighted by Gasteiger charge is 2.08. The summed E-state index contributed by atoms with van der Waals surface area (Å²) in [6.45, 7) is 0.328. The highest BCUT2D eigenvalue weighted by Crippen LogP contribution is 2.27. The molecule has 0 aliphatic rings. The second kappa shape index (κ2) is 7.20. The third kappa shape index (κ3) is 4.28. The van der Waals surface area contributed by atoms with Crippen LogP contribution in [0.25, 0.3) is 0 Å². The van der Waals surface area contributed by atoms with Crippen molar-refractivity contribution in [3.8, 4) is 5.75 Å². The molecule has 0 aromatic heterocycles. The van der Waals surface area contributed by atoms with Gasteiger partial charge in [0.15, 0.2) is 0 Å². The normalized spacial score (nSPS) is 10.0. The predicted molar refractivity (Wildman–Crippen MR) is 85.3 cm³/mol. The number of urea groups is 1. The fraction of sp³-hybridized carbons (Fsp3) is 0.133. The number of nitrogens with one attached hydrogen (secondary N) is 2. The van der Waals surface area contributed by atoms with Crippen LogP contribution < -0.4 is 15.4 Å². The summed E-state index contributed by atoms with van der Waals surface area (Å²) in [4.78, 5) is 11.9. The van der Waals surface area contributed by atoms with Gasteiger partial charge in [-0.25, -0.2) is 4.79 Å². The minimum absolute atomic E-state index is 0.328. The summed E-state index contributed by atoms with van der Waals surface area (Å²) < 4.78 is 5.16. The summed E-state index contributed by atoms with van der Waals surface area (Å²) in [5, 5.41) is 6.54. The Morgan fingerprint density at radius 2 is 1.95 bits per heavy atom. The Balaban J connectivity index is 1.99. The first-order valence-electron chi connectivity index (χ1n) is 6.22. The molecule has 0 unspecified atom stereocenters. The Hall–Kier alpha value is -1.91. The van der Waals surface area contributed by atoms with Crippen LogP contribution in [0.15, 0.2) is 42.5 Å². The number of ether oxygens (including phenoxy) is 1. The van der Waals surface area contributed by atoms with Gasteiger partial charge in [-0.3, -0.25) is 0 Å². The van der Waals surface area contributed by atoms with Crippen LogP contribution in [-0.2, 0) is 6.54 Å². The maximum atomic E-state index is 11.9. The number of carbonyl (C=O) groups excluding carboxylic acids is 1. The van der Waals surface area contributed by atoms with Gasteiger partial charge in [-0.2, -0.15) is 0 Å². The number of halogens is 2. The molecular weight excluding hydrogens is 311 g/mol. The van der Waals surface area contributed by atoms with E-state index in [1.165, 1.54) is 7.11 Å². The lowest BCUT2D eigenvalue weighted by molar-refractivity contribution is 0.251. The van der Waals surface area contributed by atoms with Gasteiger partial charge in [-0.05, 0) is 29.8 Å². The summed E-state index contributed by atoms with van der Waals surface area (Å²) in [6.07, 6.45) is 0. The Kier molecular flexibility index (Phi) is 5.31. The van der Waals surface area contributed by atoms with Crippen LogP contribution >= 0.6 is 23.2 Å². The standard InChI is InChI=1S/C15H14Cl2N2O2/c1-21-14-7-6-11(16)8-13(14)19-15(20)18-9-10-4-2-3-5-12(10)17/h2-8H,9H2,1H3,(H2,18,19,20). The Morgan fingerprint density at radius 3 is 2.67 bits per heavy atom. The molecule has 4 nitrogen and oxygen atoms in total. The number of benzene rings is 2. The Labute approximate surface area is 133 Å². The highest BCUT2D eigenvalue weighted by molar-refractivity contribution is 6.31. The zero-order chi connectivity index (χ0) is 15.2. The fourth-order valence-electron chi connectivity index (χ4n) is 1.76. The molecule has 2 aromatic rings. The number of rotatable bonds is 4. The molecule has 0 fully saturated rings. The first-order chi connectivity index (χ1) is 10.1. The van der Waals surface area contributed by atoms with Crippen molar-refractivity contribution in [2.75, 3.05) is 12.4 Å². The minimum atomic E-state index is -0.365. The number of amides is 2. The maximum Gasteiger partial charge on any atom is 0.319 e. The molecule has 2 N–H and O–H groups in total. The topological polar surface area (TPSA) is 50.4 Å². The first-order valence-corrected chi connectivity index (χ1v) is 6.97. The van der Waals surface area contributed by atoms with E-state index in [-0.39, 0.29) is 6.03 Å². The molecule has 0 spiro atoms. The Bertz CT molecular complexity index is 647.